The lowest BCUT2D eigenvalue weighted by atomic mass is 10.0. The van der Waals surface area contributed by atoms with E-state index in [2.05, 4.69) is 28.7 Å². The summed E-state index contributed by atoms with van der Waals surface area (Å²) in [6.45, 7) is 7.25. The smallest absolute Gasteiger partial charge is 0.317 e. The topological polar surface area (TPSA) is 68.0 Å². The van der Waals surface area contributed by atoms with Crippen LogP contribution in [0.25, 0.3) is 11.5 Å². The molecule has 1 fully saturated rings. The molecule has 1 N–H and O–H groups in total. The highest BCUT2D eigenvalue weighted by Crippen LogP contribution is 2.34. The Hall–Kier alpha value is -2.31. The highest BCUT2D eigenvalue weighted by atomic mass is 16.2. The van der Waals surface area contributed by atoms with Gasteiger partial charge in [0, 0.05) is 56.3 Å². The molecule has 1 aliphatic carbocycles. The van der Waals surface area contributed by atoms with Gasteiger partial charge in [0.15, 0.2) is 5.82 Å². The highest BCUT2D eigenvalue weighted by molar-refractivity contribution is 5.75. The van der Waals surface area contributed by atoms with Gasteiger partial charge >= 0.3 is 6.03 Å². The number of carbonyl (C=O) groups excluding carboxylic acids is 1. The molecule has 140 valence electrons. The molecule has 4 rings (SSSR count). The first-order valence-corrected chi connectivity index (χ1v) is 9.68. The maximum absolute atomic E-state index is 12.4. The second-order valence-electron chi connectivity index (χ2n) is 7.58. The van der Waals surface area contributed by atoms with E-state index in [1.807, 2.05) is 22.8 Å². The number of hydrogen-bond acceptors (Lipinski definition) is 3. The molecule has 0 bridgehead atoms. The van der Waals surface area contributed by atoms with Crippen molar-refractivity contribution >= 4 is 6.03 Å². The Morgan fingerprint density at radius 2 is 2.19 bits per heavy atom. The number of urea groups is 1. The van der Waals surface area contributed by atoms with Gasteiger partial charge in [0.05, 0.1) is 6.54 Å². The van der Waals surface area contributed by atoms with Gasteiger partial charge < -0.3 is 14.8 Å². The summed E-state index contributed by atoms with van der Waals surface area (Å²) in [6, 6.07) is 0.0183. The second-order valence-corrected chi connectivity index (χ2v) is 7.58. The van der Waals surface area contributed by atoms with Crippen molar-refractivity contribution in [1.82, 2.24) is 29.5 Å². The highest BCUT2D eigenvalue weighted by Gasteiger charge is 2.30. The Morgan fingerprint density at radius 3 is 2.92 bits per heavy atom. The number of nitrogens with zero attached hydrogens (tertiary/aromatic N) is 5. The van der Waals surface area contributed by atoms with Crippen LogP contribution in [0.3, 0.4) is 0 Å². The lowest BCUT2D eigenvalue weighted by Gasteiger charge is -2.27. The zero-order chi connectivity index (χ0) is 18.3. The fourth-order valence-corrected chi connectivity index (χ4v) is 3.73. The van der Waals surface area contributed by atoms with Crippen molar-refractivity contribution in [3.8, 4) is 11.5 Å². The summed E-state index contributed by atoms with van der Waals surface area (Å²) in [5.74, 6) is 1.72. The van der Waals surface area contributed by atoms with Crippen LogP contribution in [0.15, 0.2) is 6.20 Å². The maximum atomic E-state index is 12.4. The summed E-state index contributed by atoms with van der Waals surface area (Å²) >= 11 is 0. The monoisotopic (exact) mass is 356 g/mol. The van der Waals surface area contributed by atoms with Crippen LogP contribution in [0, 0.1) is 12.8 Å². The van der Waals surface area contributed by atoms with Crippen LogP contribution >= 0.6 is 0 Å². The van der Waals surface area contributed by atoms with E-state index in [0.717, 1.165) is 48.9 Å². The first-order chi connectivity index (χ1) is 12.6. The van der Waals surface area contributed by atoms with Crippen molar-refractivity contribution in [2.24, 2.45) is 13.0 Å². The van der Waals surface area contributed by atoms with Crippen molar-refractivity contribution < 1.29 is 4.79 Å². The third-order valence-corrected chi connectivity index (χ3v) is 5.46. The summed E-state index contributed by atoms with van der Waals surface area (Å²) in [6.07, 6.45) is 6.33. The van der Waals surface area contributed by atoms with Crippen molar-refractivity contribution in [3.05, 3.63) is 23.1 Å². The van der Waals surface area contributed by atoms with Crippen LogP contribution in [-0.2, 0) is 26.6 Å². The predicted molar refractivity (Wildman–Crippen MR) is 99.7 cm³/mol. The second kappa shape index (κ2) is 6.78. The Balaban J connectivity index is 1.65. The molecule has 1 saturated carbocycles. The van der Waals surface area contributed by atoms with Gasteiger partial charge in [0.2, 0.25) is 0 Å². The van der Waals surface area contributed by atoms with Crippen LogP contribution in [0.2, 0.25) is 0 Å². The number of hydrogen-bond donors (Lipinski definition) is 1. The van der Waals surface area contributed by atoms with E-state index in [0.29, 0.717) is 13.1 Å². The van der Waals surface area contributed by atoms with E-state index in [-0.39, 0.29) is 6.03 Å². The Labute approximate surface area is 154 Å². The molecule has 0 spiro atoms. The molecule has 7 nitrogen and oxygen atoms in total. The van der Waals surface area contributed by atoms with Crippen molar-refractivity contribution in [2.45, 2.75) is 52.6 Å². The number of rotatable bonds is 5. The number of aromatic nitrogens is 4. The van der Waals surface area contributed by atoms with Crippen LogP contribution in [0.4, 0.5) is 4.79 Å². The van der Waals surface area contributed by atoms with E-state index in [9.17, 15) is 4.79 Å². The lowest BCUT2D eigenvalue weighted by molar-refractivity contribution is 0.192. The molecular weight excluding hydrogens is 328 g/mol. The van der Waals surface area contributed by atoms with Crippen molar-refractivity contribution in [2.75, 3.05) is 13.1 Å². The van der Waals surface area contributed by atoms with Gasteiger partial charge in [-0.05, 0) is 32.1 Å². The normalized spacial score (nSPS) is 16.7. The van der Waals surface area contributed by atoms with E-state index in [4.69, 9.17) is 5.10 Å². The predicted octanol–water partition coefficient (Wildman–Crippen LogP) is 2.48. The minimum atomic E-state index is 0.0183. The van der Waals surface area contributed by atoms with E-state index < -0.39 is 0 Å². The number of imidazole rings is 1. The molecule has 2 aromatic heterocycles. The number of amides is 2. The van der Waals surface area contributed by atoms with Gasteiger partial charge in [-0.15, -0.1) is 0 Å². The van der Waals surface area contributed by atoms with Crippen LogP contribution in [0.5, 0.6) is 0 Å². The van der Waals surface area contributed by atoms with Gasteiger partial charge in [-0.2, -0.15) is 5.10 Å². The minimum absolute atomic E-state index is 0.0183. The van der Waals surface area contributed by atoms with Gasteiger partial charge in [-0.25, -0.2) is 9.78 Å². The fourth-order valence-electron chi connectivity index (χ4n) is 3.73. The Bertz CT molecular complexity index is 816. The van der Waals surface area contributed by atoms with Gasteiger partial charge in [0.1, 0.15) is 5.69 Å². The number of nitrogens with one attached hydrogen (secondary N) is 1. The molecule has 2 aromatic rings. The lowest BCUT2D eigenvalue weighted by Crippen LogP contribution is -2.43. The van der Waals surface area contributed by atoms with Crippen LogP contribution in [0.1, 0.15) is 43.1 Å². The largest absolute Gasteiger partial charge is 0.338 e. The third-order valence-electron chi connectivity index (χ3n) is 5.46. The molecule has 2 amide bonds. The molecule has 0 atom stereocenters. The quantitative estimate of drug-likeness (QED) is 0.895. The standard InChI is InChI=1S/C19H28N6O/c1-4-8-20-19(26)24-9-7-16-15(12-24)17(22-23(16)3)18-21-10-13(2)25(18)11-14-5-6-14/h10,14H,4-9,11-12H2,1-3H3,(H,20,26). The number of carbonyl (C=O) groups is 1. The number of fused-ring (bicyclic) bond motifs is 1. The first kappa shape index (κ1) is 17.1. The average molecular weight is 356 g/mol. The SMILES string of the molecule is CCCNC(=O)N1CCc2c(c(-c3ncc(C)n3CC3CC3)nn2C)C1. The Kier molecular flexibility index (Phi) is 4.46. The zero-order valence-corrected chi connectivity index (χ0v) is 16.0. The average Bonchev–Trinajstić information content (AvgIpc) is 3.32. The molecule has 0 aromatic carbocycles. The summed E-state index contributed by atoms with van der Waals surface area (Å²) in [4.78, 5) is 19.0. The first-order valence-electron chi connectivity index (χ1n) is 9.68. The molecule has 7 heteroatoms. The molecule has 2 aliphatic rings. The molecular formula is C19H28N6O. The van der Waals surface area contributed by atoms with Gasteiger partial charge in [-0.3, -0.25) is 4.68 Å². The van der Waals surface area contributed by atoms with E-state index >= 15 is 0 Å². The molecule has 0 unspecified atom stereocenters. The molecule has 1 aliphatic heterocycles. The zero-order valence-electron chi connectivity index (χ0n) is 16.0. The van der Waals surface area contributed by atoms with Gasteiger partial charge in [0.25, 0.3) is 0 Å². The summed E-state index contributed by atoms with van der Waals surface area (Å²) in [5, 5.41) is 7.78. The summed E-state index contributed by atoms with van der Waals surface area (Å²) in [5.41, 5.74) is 4.48. The number of aryl methyl sites for hydroxylation is 2. The van der Waals surface area contributed by atoms with Crippen molar-refractivity contribution in [1.29, 1.82) is 0 Å². The maximum Gasteiger partial charge on any atom is 0.317 e. The third kappa shape index (κ3) is 3.10. The van der Waals surface area contributed by atoms with Crippen LogP contribution < -0.4 is 5.32 Å². The Morgan fingerprint density at radius 1 is 1.38 bits per heavy atom. The summed E-state index contributed by atoms with van der Waals surface area (Å²) < 4.78 is 4.27. The van der Waals surface area contributed by atoms with Crippen molar-refractivity contribution in [3.63, 3.8) is 0 Å². The van der Waals surface area contributed by atoms with Crippen LogP contribution in [-0.4, -0.2) is 43.4 Å². The minimum Gasteiger partial charge on any atom is -0.338 e. The molecule has 3 heterocycles. The molecule has 0 radical (unpaired) electrons. The van der Waals surface area contributed by atoms with E-state index in [1.165, 1.54) is 24.2 Å². The molecule has 26 heavy (non-hydrogen) atoms. The molecule has 0 saturated heterocycles. The van der Waals surface area contributed by atoms with E-state index in [1.54, 1.807) is 0 Å². The fraction of sp³-hybridized carbons (Fsp3) is 0.632. The van der Waals surface area contributed by atoms with Gasteiger partial charge in [-0.1, -0.05) is 6.92 Å². The summed E-state index contributed by atoms with van der Waals surface area (Å²) in [7, 11) is 2.00.